The first kappa shape index (κ1) is 23.0. The molecule has 1 aliphatic heterocycles. The molecule has 2 aromatic heterocycles. The Kier molecular flexibility index (Phi) is 6.02. The molecule has 9 heteroatoms. The van der Waals surface area contributed by atoms with Gasteiger partial charge in [0.2, 0.25) is 0 Å². The molecule has 4 aromatic rings. The van der Waals surface area contributed by atoms with Gasteiger partial charge in [-0.2, -0.15) is 13.2 Å². The number of nitrogens with zero attached hydrogens (tertiary/aromatic N) is 3. The molecule has 3 heterocycles. The Morgan fingerprint density at radius 3 is 2.49 bits per heavy atom. The molecule has 0 saturated carbocycles. The van der Waals surface area contributed by atoms with Crippen LogP contribution in [0.15, 0.2) is 67.0 Å². The third kappa shape index (κ3) is 4.90. The van der Waals surface area contributed by atoms with Crippen LogP contribution in [-0.4, -0.2) is 33.3 Å². The van der Waals surface area contributed by atoms with Gasteiger partial charge in [0.15, 0.2) is 0 Å². The van der Waals surface area contributed by atoms with Crippen molar-refractivity contribution in [2.24, 2.45) is 0 Å². The second-order valence-electron chi connectivity index (χ2n) is 8.60. The normalized spacial score (nSPS) is 14.5. The summed E-state index contributed by atoms with van der Waals surface area (Å²) >= 11 is 0. The van der Waals surface area contributed by atoms with E-state index in [1.165, 1.54) is 23.4 Å². The van der Waals surface area contributed by atoms with Crippen LogP contribution in [0.5, 0.6) is 0 Å². The van der Waals surface area contributed by atoms with E-state index in [9.17, 15) is 22.4 Å². The maximum atomic E-state index is 13.5. The highest BCUT2D eigenvalue weighted by Crippen LogP contribution is 2.37. The zero-order valence-corrected chi connectivity index (χ0v) is 18.6. The van der Waals surface area contributed by atoms with Gasteiger partial charge in [0.25, 0.3) is 5.91 Å². The van der Waals surface area contributed by atoms with Crippen molar-refractivity contribution in [2.45, 2.75) is 25.6 Å². The molecule has 180 valence electrons. The minimum Gasteiger partial charge on any atom is -0.322 e. The lowest BCUT2D eigenvalue weighted by Crippen LogP contribution is -2.18. The Balaban J connectivity index is 1.40. The Bertz CT molecular complexity index is 1370. The topological polar surface area (TPSA) is 49.6 Å². The van der Waals surface area contributed by atoms with Crippen molar-refractivity contribution in [1.29, 1.82) is 0 Å². The molecule has 0 atom stereocenters. The third-order valence-electron chi connectivity index (χ3n) is 6.11. The maximum absolute atomic E-state index is 13.5. The van der Waals surface area contributed by atoms with E-state index in [0.29, 0.717) is 11.8 Å². The number of pyridine rings is 1. The van der Waals surface area contributed by atoms with E-state index < -0.39 is 23.5 Å². The Labute approximate surface area is 199 Å². The lowest BCUT2D eigenvalue weighted by molar-refractivity contribution is -0.137. The van der Waals surface area contributed by atoms with Gasteiger partial charge in [0.05, 0.1) is 16.8 Å². The molecule has 0 unspecified atom stereocenters. The molecule has 1 N–H and O–H groups in total. The van der Waals surface area contributed by atoms with Crippen molar-refractivity contribution < 1.29 is 22.4 Å². The van der Waals surface area contributed by atoms with Crippen LogP contribution in [0.3, 0.4) is 0 Å². The number of anilines is 1. The number of rotatable bonds is 5. The summed E-state index contributed by atoms with van der Waals surface area (Å²) in [6.07, 6.45) is 0.657. The average molecular weight is 482 g/mol. The van der Waals surface area contributed by atoms with Gasteiger partial charge < -0.3 is 9.72 Å². The third-order valence-corrected chi connectivity index (χ3v) is 6.11. The lowest BCUT2D eigenvalue weighted by atomic mass is 10.0. The van der Waals surface area contributed by atoms with Gasteiger partial charge >= 0.3 is 6.18 Å². The number of hydrogen-bond donors (Lipinski definition) is 1. The van der Waals surface area contributed by atoms with Gasteiger partial charge in [-0.15, -0.1) is 0 Å². The number of imidazole rings is 1. The summed E-state index contributed by atoms with van der Waals surface area (Å²) in [6, 6.07) is 13.2. The summed E-state index contributed by atoms with van der Waals surface area (Å²) in [6.45, 7) is 3.06. The summed E-state index contributed by atoms with van der Waals surface area (Å²) in [5.41, 5.74) is 0.766. The molecule has 1 amide bonds. The fraction of sp³-hybridized carbons (Fsp3) is 0.231. The zero-order valence-electron chi connectivity index (χ0n) is 18.6. The molecule has 0 spiro atoms. The molecule has 0 bridgehead atoms. The lowest BCUT2D eigenvalue weighted by Gasteiger charge is -2.14. The summed E-state index contributed by atoms with van der Waals surface area (Å²) in [5.74, 6) is -1.42. The molecule has 5 rings (SSSR count). The highest BCUT2D eigenvalue weighted by molar-refractivity contribution is 6.08. The number of aromatic nitrogens is 2. The Morgan fingerprint density at radius 2 is 1.77 bits per heavy atom. The molecular weight excluding hydrogens is 460 g/mol. The Morgan fingerprint density at radius 1 is 1.03 bits per heavy atom. The first-order valence-corrected chi connectivity index (χ1v) is 11.3. The fourth-order valence-corrected chi connectivity index (χ4v) is 4.39. The number of halogens is 4. The molecule has 2 aromatic carbocycles. The highest BCUT2D eigenvalue weighted by Gasteiger charge is 2.35. The van der Waals surface area contributed by atoms with E-state index in [1.54, 1.807) is 18.3 Å². The van der Waals surface area contributed by atoms with Crippen molar-refractivity contribution in [3.05, 3.63) is 89.5 Å². The number of benzene rings is 2. The largest absolute Gasteiger partial charge is 0.417 e. The van der Waals surface area contributed by atoms with Crippen LogP contribution in [0.1, 0.15) is 34.3 Å². The monoisotopic (exact) mass is 482 g/mol. The number of likely N-dealkylation sites (tertiary alicyclic amines) is 1. The summed E-state index contributed by atoms with van der Waals surface area (Å²) in [5, 5.41) is 2.83. The minimum atomic E-state index is -4.76. The van der Waals surface area contributed by atoms with E-state index in [4.69, 9.17) is 0 Å². The molecule has 1 fully saturated rings. The van der Waals surface area contributed by atoms with Crippen LogP contribution < -0.4 is 5.32 Å². The summed E-state index contributed by atoms with van der Waals surface area (Å²) in [7, 11) is 0. The van der Waals surface area contributed by atoms with Crippen LogP contribution in [-0.2, 0) is 12.7 Å². The van der Waals surface area contributed by atoms with E-state index in [0.717, 1.165) is 37.3 Å². The zero-order chi connectivity index (χ0) is 24.6. The quantitative estimate of drug-likeness (QED) is 0.355. The van der Waals surface area contributed by atoms with Crippen molar-refractivity contribution >= 4 is 17.2 Å². The van der Waals surface area contributed by atoms with Crippen molar-refractivity contribution in [2.75, 3.05) is 18.4 Å². The first-order valence-electron chi connectivity index (χ1n) is 11.3. The first-order chi connectivity index (χ1) is 16.8. The minimum absolute atomic E-state index is 0.0103. The van der Waals surface area contributed by atoms with Crippen LogP contribution >= 0.6 is 0 Å². The number of alkyl halides is 3. The van der Waals surface area contributed by atoms with Crippen molar-refractivity contribution in [3.8, 4) is 11.3 Å². The number of carbonyl (C=O) groups is 1. The number of hydrogen-bond acceptors (Lipinski definition) is 3. The van der Waals surface area contributed by atoms with Gasteiger partial charge in [0, 0.05) is 30.2 Å². The fourth-order valence-electron chi connectivity index (χ4n) is 4.39. The molecule has 0 aliphatic carbocycles. The number of carbonyl (C=O) groups excluding carboxylic acids is 1. The van der Waals surface area contributed by atoms with Gasteiger partial charge in [0.1, 0.15) is 11.5 Å². The summed E-state index contributed by atoms with van der Waals surface area (Å²) in [4.78, 5) is 19.7. The molecule has 0 radical (unpaired) electrons. The van der Waals surface area contributed by atoms with Gasteiger partial charge in [-0.25, -0.2) is 9.37 Å². The number of nitrogens with one attached hydrogen (secondary N) is 1. The number of fused-ring (bicyclic) bond motifs is 1. The van der Waals surface area contributed by atoms with Gasteiger partial charge in [-0.05, 0) is 74.0 Å². The van der Waals surface area contributed by atoms with E-state index in [2.05, 4.69) is 15.2 Å². The molecule has 1 saturated heterocycles. The van der Waals surface area contributed by atoms with Crippen LogP contribution in [0.4, 0.5) is 23.2 Å². The van der Waals surface area contributed by atoms with Crippen LogP contribution in [0.2, 0.25) is 0 Å². The predicted octanol–water partition coefficient (Wildman–Crippen LogP) is 6.01. The average Bonchev–Trinajstić information content (AvgIpc) is 3.49. The van der Waals surface area contributed by atoms with Gasteiger partial charge in [-0.1, -0.05) is 12.1 Å². The summed E-state index contributed by atoms with van der Waals surface area (Å²) < 4.78 is 55.5. The molecule has 5 nitrogen and oxygen atoms in total. The van der Waals surface area contributed by atoms with Crippen LogP contribution in [0.25, 0.3) is 16.9 Å². The van der Waals surface area contributed by atoms with Gasteiger partial charge in [-0.3, -0.25) is 9.69 Å². The number of amides is 1. The molecule has 35 heavy (non-hydrogen) atoms. The van der Waals surface area contributed by atoms with Crippen LogP contribution in [0, 0.1) is 5.82 Å². The van der Waals surface area contributed by atoms with E-state index in [-0.39, 0.29) is 22.5 Å². The maximum Gasteiger partial charge on any atom is 0.417 e. The van der Waals surface area contributed by atoms with Crippen molar-refractivity contribution in [3.63, 3.8) is 0 Å². The second kappa shape index (κ2) is 9.14. The Hall–Kier alpha value is -3.72. The smallest absolute Gasteiger partial charge is 0.322 e. The van der Waals surface area contributed by atoms with E-state index >= 15 is 0 Å². The highest BCUT2D eigenvalue weighted by atomic mass is 19.4. The SMILES string of the molecule is O=C(Nc1ccc(CN2CCCC2)cc1)c1cccn2cc(-c3ccc(F)cc3C(F)(F)F)nc12. The van der Waals surface area contributed by atoms with Crippen molar-refractivity contribution in [1.82, 2.24) is 14.3 Å². The molecule has 1 aliphatic rings. The predicted molar refractivity (Wildman–Crippen MR) is 124 cm³/mol. The molecular formula is C26H22F4N4O. The second-order valence-corrected chi connectivity index (χ2v) is 8.60. The standard InChI is InChI=1S/C26H22F4N4O/c27-18-7-10-20(22(14-18)26(28,29)30)23-16-34-13-3-4-21(24(34)32-23)25(35)31-19-8-5-17(6-9-19)15-33-11-1-2-12-33/h3-10,13-14,16H,1-2,11-12,15H2,(H,31,35). The van der Waals surface area contributed by atoms with E-state index in [1.807, 2.05) is 24.3 Å².